The molecule has 1 amide bonds. The fraction of sp³-hybridized carbons (Fsp3) is 0.333. The molecule has 1 saturated heterocycles. The minimum Gasteiger partial charge on any atom is -0.492 e. The lowest BCUT2D eigenvalue weighted by molar-refractivity contribution is -0.114. The second-order valence-corrected chi connectivity index (χ2v) is 7.88. The average molecular weight is 472 g/mol. The molecular weight excluding hydrogens is 444 g/mol. The highest BCUT2D eigenvalue weighted by atomic mass is 19.1. The molecule has 0 saturated carbocycles. The van der Waals surface area contributed by atoms with Gasteiger partial charge in [0.15, 0.2) is 0 Å². The number of morpholine rings is 1. The quantitative estimate of drug-likeness (QED) is 0.499. The van der Waals surface area contributed by atoms with Crippen molar-refractivity contribution in [1.82, 2.24) is 14.7 Å². The number of hydrogen-bond acceptors (Lipinski definition) is 6. The van der Waals surface area contributed by atoms with Crippen LogP contribution in [0.1, 0.15) is 0 Å². The number of hydrogen-bond donors (Lipinski definition) is 2. The number of nitrogens with zero attached hydrogens (tertiary/aromatic N) is 3. The summed E-state index contributed by atoms with van der Waals surface area (Å²) in [6.45, 7) is 4.31. The summed E-state index contributed by atoms with van der Waals surface area (Å²) < 4.78 is 40.3. The van der Waals surface area contributed by atoms with Crippen LogP contribution in [0.4, 0.5) is 20.2 Å². The van der Waals surface area contributed by atoms with Crippen LogP contribution in [0.2, 0.25) is 0 Å². The third kappa shape index (κ3) is 6.09. The fourth-order valence-electron chi connectivity index (χ4n) is 3.69. The van der Waals surface area contributed by atoms with Crippen LogP contribution in [0.3, 0.4) is 0 Å². The van der Waals surface area contributed by atoms with E-state index in [1.165, 1.54) is 0 Å². The number of anilines is 2. The molecule has 3 aromatic rings. The normalized spacial score (nSPS) is 14.1. The summed E-state index contributed by atoms with van der Waals surface area (Å²) in [7, 11) is 1.83. The van der Waals surface area contributed by atoms with E-state index in [0.717, 1.165) is 62.3 Å². The van der Waals surface area contributed by atoms with Crippen molar-refractivity contribution in [3.63, 3.8) is 0 Å². The third-order valence-electron chi connectivity index (χ3n) is 5.50. The van der Waals surface area contributed by atoms with Crippen LogP contribution in [0.25, 0.3) is 11.3 Å². The first-order chi connectivity index (χ1) is 16.5. The number of halogens is 2. The van der Waals surface area contributed by atoms with Crippen LogP contribution in [-0.4, -0.2) is 66.6 Å². The molecule has 0 atom stereocenters. The summed E-state index contributed by atoms with van der Waals surface area (Å²) in [6, 6.07) is 10.2. The van der Waals surface area contributed by atoms with E-state index in [9.17, 15) is 13.6 Å². The monoisotopic (exact) mass is 471 g/mol. The predicted octanol–water partition coefficient (Wildman–Crippen LogP) is 3.13. The fourth-order valence-corrected chi connectivity index (χ4v) is 3.69. The third-order valence-corrected chi connectivity index (χ3v) is 5.50. The molecule has 2 N–H and O–H groups in total. The molecule has 1 aliphatic heterocycles. The van der Waals surface area contributed by atoms with Gasteiger partial charge in [-0.05, 0) is 42.5 Å². The van der Waals surface area contributed by atoms with Crippen LogP contribution in [0, 0.1) is 11.6 Å². The molecule has 0 spiro atoms. The standard InChI is InChI=1S/C24H27F2N5O3/c1-30-22(6-7-28-30)19-15-18(3-5-23(19)34-13-10-31-8-11-33-12-9-31)29-24(32)16-27-21-14-17(25)2-4-20(21)26/h2-7,14-15,27H,8-13,16H2,1H3,(H,29,32). The maximum Gasteiger partial charge on any atom is 0.243 e. The molecule has 34 heavy (non-hydrogen) atoms. The van der Waals surface area contributed by atoms with E-state index >= 15 is 0 Å². The second-order valence-electron chi connectivity index (χ2n) is 7.88. The van der Waals surface area contributed by atoms with Gasteiger partial charge in [0.2, 0.25) is 5.91 Å². The Balaban J connectivity index is 1.42. The first kappa shape index (κ1) is 23.7. The van der Waals surface area contributed by atoms with Crippen LogP contribution < -0.4 is 15.4 Å². The highest BCUT2D eigenvalue weighted by Crippen LogP contribution is 2.32. The number of ether oxygens (including phenoxy) is 2. The zero-order valence-electron chi connectivity index (χ0n) is 18.9. The second kappa shape index (κ2) is 11.1. The number of carbonyl (C=O) groups excluding carboxylic acids is 1. The smallest absolute Gasteiger partial charge is 0.243 e. The van der Waals surface area contributed by atoms with Gasteiger partial charge in [0.1, 0.15) is 24.0 Å². The topological polar surface area (TPSA) is 80.7 Å². The van der Waals surface area contributed by atoms with Gasteiger partial charge >= 0.3 is 0 Å². The van der Waals surface area contributed by atoms with Gasteiger partial charge in [-0.3, -0.25) is 14.4 Å². The molecule has 10 heteroatoms. The predicted molar refractivity (Wildman–Crippen MR) is 125 cm³/mol. The highest BCUT2D eigenvalue weighted by molar-refractivity contribution is 5.94. The number of carbonyl (C=O) groups is 1. The van der Waals surface area contributed by atoms with E-state index in [2.05, 4.69) is 20.6 Å². The Morgan fingerprint density at radius 3 is 2.74 bits per heavy atom. The van der Waals surface area contributed by atoms with Gasteiger partial charge in [0, 0.05) is 44.1 Å². The van der Waals surface area contributed by atoms with E-state index in [0.29, 0.717) is 18.0 Å². The van der Waals surface area contributed by atoms with E-state index in [1.807, 2.05) is 19.2 Å². The Bertz CT molecular complexity index is 1130. The number of aromatic nitrogens is 2. The van der Waals surface area contributed by atoms with Crippen molar-refractivity contribution in [2.75, 3.05) is 56.6 Å². The van der Waals surface area contributed by atoms with Crippen LogP contribution in [0.15, 0.2) is 48.7 Å². The number of rotatable bonds is 9. The lowest BCUT2D eigenvalue weighted by Crippen LogP contribution is -2.38. The van der Waals surface area contributed by atoms with E-state index < -0.39 is 17.5 Å². The molecular formula is C24H27F2N5O3. The van der Waals surface area contributed by atoms with E-state index in [1.54, 1.807) is 23.0 Å². The molecule has 0 aliphatic carbocycles. The maximum atomic E-state index is 13.8. The molecule has 1 aromatic heterocycles. The Morgan fingerprint density at radius 1 is 1.15 bits per heavy atom. The zero-order valence-corrected chi connectivity index (χ0v) is 18.9. The number of benzene rings is 2. The first-order valence-corrected chi connectivity index (χ1v) is 11.0. The molecule has 8 nitrogen and oxygen atoms in total. The van der Waals surface area contributed by atoms with Gasteiger partial charge in [-0.15, -0.1) is 0 Å². The Kier molecular flexibility index (Phi) is 7.71. The molecule has 0 unspecified atom stereocenters. The largest absolute Gasteiger partial charge is 0.492 e. The molecule has 0 radical (unpaired) electrons. The van der Waals surface area contributed by atoms with Gasteiger partial charge in [-0.2, -0.15) is 5.10 Å². The van der Waals surface area contributed by atoms with Crippen molar-refractivity contribution in [2.24, 2.45) is 7.05 Å². The van der Waals surface area contributed by atoms with Gasteiger partial charge in [-0.25, -0.2) is 8.78 Å². The molecule has 1 aliphatic rings. The summed E-state index contributed by atoms with van der Waals surface area (Å²) in [5, 5.41) is 9.63. The molecule has 180 valence electrons. The minimum atomic E-state index is -0.633. The van der Waals surface area contributed by atoms with Crippen molar-refractivity contribution in [3.8, 4) is 17.0 Å². The summed E-state index contributed by atoms with van der Waals surface area (Å²) in [5.41, 5.74) is 2.08. The number of aryl methyl sites for hydroxylation is 1. The summed E-state index contributed by atoms with van der Waals surface area (Å²) in [5.74, 6) is -0.948. The van der Waals surface area contributed by atoms with Crippen LogP contribution in [-0.2, 0) is 16.6 Å². The Hall–Kier alpha value is -3.50. The van der Waals surface area contributed by atoms with Crippen molar-refractivity contribution in [2.45, 2.75) is 0 Å². The van der Waals surface area contributed by atoms with E-state index in [4.69, 9.17) is 9.47 Å². The maximum absolute atomic E-state index is 13.8. The van der Waals surface area contributed by atoms with Crippen LogP contribution >= 0.6 is 0 Å². The minimum absolute atomic E-state index is 0.0743. The van der Waals surface area contributed by atoms with Crippen molar-refractivity contribution >= 4 is 17.3 Å². The van der Waals surface area contributed by atoms with Crippen LogP contribution in [0.5, 0.6) is 5.75 Å². The van der Waals surface area contributed by atoms with Gasteiger partial charge < -0.3 is 20.1 Å². The van der Waals surface area contributed by atoms with Crippen molar-refractivity contribution < 1.29 is 23.0 Å². The lowest BCUT2D eigenvalue weighted by Gasteiger charge is -2.26. The molecule has 2 heterocycles. The summed E-state index contributed by atoms with van der Waals surface area (Å²) in [6.07, 6.45) is 1.69. The molecule has 0 bridgehead atoms. The number of amides is 1. The first-order valence-electron chi connectivity index (χ1n) is 11.0. The van der Waals surface area contributed by atoms with Crippen molar-refractivity contribution in [1.29, 1.82) is 0 Å². The SMILES string of the molecule is Cn1nccc1-c1cc(NC(=O)CNc2cc(F)ccc2F)ccc1OCCN1CCOCC1. The van der Waals surface area contributed by atoms with E-state index in [-0.39, 0.29) is 12.2 Å². The Labute approximate surface area is 196 Å². The lowest BCUT2D eigenvalue weighted by atomic mass is 10.1. The summed E-state index contributed by atoms with van der Waals surface area (Å²) >= 11 is 0. The average Bonchev–Trinajstić information content (AvgIpc) is 3.27. The van der Waals surface area contributed by atoms with Gasteiger partial charge in [0.25, 0.3) is 0 Å². The molecule has 1 fully saturated rings. The zero-order chi connectivity index (χ0) is 23.9. The Morgan fingerprint density at radius 2 is 1.97 bits per heavy atom. The summed E-state index contributed by atoms with van der Waals surface area (Å²) in [4.78, 5) is 14.7. The number of nitrogens with one attached hydrogen (secondary N) is 2. The van der Waals surface area contributed by atoms with Gasteiger partial charge in [0.05, 0.1) is 31.1 Å². The van der Waals surface area contributed by atoms with Crippen molar-refractivity contribution in [3.05, 3.63) is 60.3 Å². The highest BCUT2D eigenvalue weighted by Gasteiger charge is 2.15. The van der Waals surface area contributed by atoms with Gasteiger partial charge in [-0.1, -0.05) is 0 Å². The molecule has 2 aromatic carbocycles. The molecule has 4 rings (SSSR count).